The second kappa shape index (κ2) is 10.9. The van der Waals surface area contributed by atoms with Gasteiger partial charge in [-0.2, -0.15) is 0 Å². The van der Waals surface area contributed by atoms with Crippen molar-refractivity contribution in [2.24, 2.45) is 34.5 Å². The van der Waals surface area contributed by atoms with Crippen molar-refractivity contribution in [3.63, 3.8) is 0 Å². The molecule has 3 fully saturated rings. The summed E-state index contributed by atoms with van der Waals surface area (Å²) in [4.78, 5) is 26.5. The largest absolute Gasteiger partial charge is 0.374 e. The fourth-order valence-electron chi connectivity index (χ4n) is 7.23. The Kier molecular flexibility index (Phi) is 8.79. The van der Waals surface area contributed by atoms with Crippen LogP contribution in [0, 0.1) is 34.5 Å². The normalized spacial score (nSPS) is 34.8. The fraction of sp³-hybridized carbons (Fsp3) is 0.812. The molecule has 2 saturated carbocycles. The first-order chi connectivity index (χ1) is 17.0. The maximum Gasteiger partial charge on any atom is 0.246 e. The molecule has 2 bridgehead atoms. The number of ether oxygens (including phenoxy) is 1. The molecule has 3 aliphatic rings. The molecule has 0 aromatic heterocycles. The van der Waals surface area contributed by atoms with Gasteiger partial charge in [0.15, 0.2) is 0 Å². The molecular formula is C32H54N2O3. The predicted molar refractivity (Wildman–Crippen MR) is 152 cm³/mol. The molecule has 7 atom stereocenters. The molecule has 2 aliphatic carbocycles. The van der Waals surface area contributed by atoms with Crippen molar-refractivity contribution in [1.82, 2.24) is 10.6 Å². The lowest BCUT2D eigenvalue weighted by Crippen LogP contribution is -2.64. The molecule has 5 heteroatoms. The zero-order chi connectivity index (χ0) is 27.8. The highest BCUT2D eigenvalue weighted by Crippen LogP contribution is 2.55. The van der Waals surface area contributed by atoms with E-state index in [9.17, 15) is 9.59 Å². The van der Waals surface area contributed by atoms with Gasteiger partial charge in [0.05, 0.1) is 12.2 Å². The van der Waals surface area contributed by atoms with E-state index in [1.54, 1.807) is 0 Å². The molecule has 5 nitrogen and oxygen atoms in total. The van der Waals surface area contributed by atoms with Crippen LogP contribution in [-0.2, 0) is 14.3 Å². The maximum atomic E-state index is 14.0. The second-order valence-corrected chi connectivity index (χ2v) is 15.0. The van der Waals surface area contributed by atoms with E-state index in [0.717, 1.165) is 19.3 Å². The Balaban J connectivity index is 2.01. The van der Waals surface area contributed by atoms with Gasteiger partial charge in [0, 0.05) is 23.8 Å². The van der Waals surface area contributed by atoms with Crippen LogP contribution in [0.3, 0.4) is 0 Å². The molecule has 0 aromatic carbocycles. The van der Waals surface area contributed by atoms with Crippen LogP contribution in [0.5, 0.6) is 0 Å². The van der Waals surface area contributed by atoms with Gasteiger partial charge in [-0.3, -0.25) is 9.59 Å². The number of hydrogen-bond donors (Lipinski definition) is 2. The molecule has 0 radical (unpaired) electrons. The van der Waals surface area contributed by atoms with Crippen molar-refractivity contribution in [1.29, 1.82) is 0 Å². The minimum Gasteiger partial charge on any atom is -0.374 e. The summed E-state index contributed by atoms with van der Waals surface area (Å²) in [7, 11) is 0. The van der Waals surface area contributed by atoms with Gasteiger partial charge in [0.25, 0.3) is 0 Å². The lowest BCUT2D eigenvalue weighted by molar-refractivity contribution is -0.151. The van der Waals surface area contributed by atoms with Crippen LogP contribution in [0.15, 0.2) is 24.8 Å². The van der Waals surface area contributed by atoms with Gasteiger partial charge >= 0.3 is 0 Å². The number of fused-ring (bicyclic) bond motifs is 4. The van der Waals surface area contributed by atoms with Gasteiger partial charge in [-0.25, -0.2) is 0 Å². The number of rotatable bonds is 6. The van der Waals surface area contributed by atoms with E-state index in [-0.39, 0.29) is 52.2 Å². The average molecular weight is 515 g/mol. The van der Waals surface area contributed by atoms with Gasteiger partial charge in [0.1, 0.15) is 5.54 Å². The van der Waals surface area contributed by atoms with Crippen LogP contribution >= 0.6 is 0 Å². The van der Waals surface area contributed by atoms with Gasteiger partial charge in [-0.05, 0) is 76.0 Å². The monoisotopic (exact) mass is 514 g/mol. The standard InChI is InChI=1S/C32H54N2O3/c1-11-13-24-27-23(20-32(24,33-21(2)35)28(36)34-30(6,7)8)15-12-14-22-18-25(27)37-26(19-22)31(9,10)17-16-29(3,4)5/h11,16-17,22-27H,1,12-15,18-20H2,2-10H3,(H,33,35)(H,34,36)/b17-16+/t22?,23-,24?,25?,26+,27-,32?/m1/s1. The van der Waals surface area contributed by atoms with E-state index < -0.39 is 5.54 Å². The molecule has 1 heterocycles. The summed E-state index contributed by atoms with van der Waals surface area (Å²) in [6, 6.07) is 0. The highest BCUT2D eigenvalue weighted by molar-refractivity contribution is 5.92. The molecule has 0 aromatic rings. The van der Waals surface area contributed by atoms with Crippen molar-refractivity contribution in [2.45, 2.75) is 131 Å². The summed E-state index contributed by atoms with van der Waals surface area (Å²) < 4.78 is 7.06. The molecule has 210 valence electrons. The first kappa shape index (κ1) is 29.9. The highest BCUT2D eigenvalue weighted by atomic mass is 16.5. The number of hydrogen-bond acceptors (Lipinski definition) is 3. The number of allylic oxidation sites excluding steroid dienone is 2. The van der Waals surface area contributed by atoms with Crippen LogP contribution in [0.4, 0.5) is 0 Å². The first-order valence-electron chi connectivity index (χ1n) is 14.6. The Bertz CT molecular complexity index is 877. The third-order valence-electron chi connectivity index (χ3n) is 8.85. The summed E-state index contributed by atoms with van der Waals surface area (Å²) in [5.41, 5.74) is -1.28. The molecule has 1 saturated heterocycles. The lowest BCUT2D eigenvalue weighted by Gasteiger charge is -2.48. The Morgan fingerprint density at radius 1 is 1.03 bits per heavy atom. The second-order valence-electron chi connectivity index (χ2n) is 15.0. The summed E-state index contributed by atoms with van der Waals surface area (Å²) >= 11 is 0. The van der Waals surface area contributed by atoms with Gasteiger partial charge in [-0.1, -0.05) is 65.7 Å². The number of carbonyl (C=O) groups excluding carboxylic acids is 2. The maximum absolute atomic E-state index is 14.0. The van der Waals surface area contributed by atoms with E-state index in [2.05, 4.69) is 64.0 Å². The van der Waals surface area contributed by atoms with E-state index in [1.807, 2.05) is 26.8 Å². The van der Waals surface area contributed by atoms with Crippen molar-refractivity contribution in [3.8, 4) is 0 Å². The molecule has 0 spiro atoms. The minimum atomic E-state index is -0.944. The molecule has 2 N–H and O–H groups in total. The lowest BCUT2D eigenvalue weighted by atomic mass is 9.68. The van der Waals surface area contributed by atoms with Crippen LogP contribution in [0.2, 0.25) is 0 Å². The first-order valence-corrected chi connectivity index (χ1v) is 14.6. The van der Waals surface area contributed by atoms with Crippen LogP contribution in [-0.4, -0.2) is 35.1 Å². The third-order valence-corrected chi connectivity index (χ3v) is 8.85. The summed E-state index contributed by atoms with van der Waals surface area (Å²) in [6.45, 7) is 22.9. The highest BCUT2D eigenvalue weighted by Gasteiger charge is 2.61. The molecule has 3 rings (SSSR count). The molecule has 1 aliphatic heterocycles. The molecular weight excluding hydrogens is 460 g/mol. The number of nitrogens with one attached hydrogen (secondary N) is 2. The summed E-state index contributed by atoms with van der Waals surface area (Å²) in [5, 5.41) is 6.41. The zero-order valence-corrected chi connectivity index (χ0v) is 25.1. The topological polar surface area (TPSA) is 67.4 Å². The van der Waals surface area contributed by atoms with Crippen LogP contribution in [0.1, 0.15) is 107 Å². The SMILES string of the molecule is C=CCC1[C@@H]2C3CC(CCC[C@@H]2CC1(NC(C)=O)C(=O)NC(C)(C)C)C[C@@H](C(C)(C)/C=C/C(C)(C)C)O3. The predicted octanol–water partition coefficient (Wildman–Crippen LogP) is 6.58. The minimum absolute atomic E-state index is 0.0445. The average Bonchev–Trinajstić information content (AvgIpc) is 3.03. The zero-order valence-electron chi connectivity index (χ0n) is 25.1. The fourth-order valence-corrected chi connectivity index (χ4v) is 7.23. The Morgan fingerprint density at radius 2 is 1.70 bits per heavy atom. The summed E-state index contributed by atoms with van der Waals surface area (Å²) in [6.07, 6.45) is 13.8. The van der Waals surface area contributed by atoms with Crippen molar-refractivity contribution in [2.75, 3.05) is 0 Å². The van der Waals surface area contributed by atoms with E-state index >= 15 is 0 Å². The van der Waals surface area contributed by atoms with Gasteiger partial charge in [-0.15, -0.1) is 6.58 Å². The van der Waals surface area contributed by atoms with E-state index in [0.29, 0.717) is 24.7 Å². The molecule has 4 unspecified atom stereocenters. The Labute approximate surface area is 226 Å². The van der Waals surface area contributed by atoms with Crippen molar-refractivity contribution >= 4 is 11.8 Å². The smallest absolute Gasteiger partial charge is 0.246 e. The van der Waals surface area contributed by atoms with E-state index in [1.165, 1.54) is 19.8 Å². The quantitative estimate of drug-likeness (QED) is 0.393. The Hall–Kier alpha value is -1.62. The Morgan fingerprint density at radius 3 is 2.27 bits per heavy atom. The molecule has 2 amide bonds. The van der Waals surface area contributed by atoms with Crippen molar-refractivity contribution < 1.29 is 14.3 Å². The summed E-state index contributed by atoms with van der Waals surface area (Å²) in [5.74, 6) is 0.920. The third kappa shape index (κ3) is 7.07. The van der Waals surface area contributed by atoms with Crippen LogP contribution in [0.25, 0.3) is 0 Å². The van der Waals surface area contributed by atoms with Crippen LogP contribution < -0.4 is 10.6 Å². The van der Waals surface area contributed by atoms with E-state index in [4.69, 9.17) is 4.74 Å². The van der Waals surface area contributed by atoms with Crippen molar-refractivity contribution in [3.05, 3.63) is 24.8 Å². The van der Waals surface area contributed by atoms with Gasteiger partial charge < -0.3 is 15.4 Å². The number of amides is 2. The number of carbonyl (C=O) groups is 2. The molecule has 37 heavy (non-hydrogen) atoms. The van der Waals surface area contributed by atoms with Gasteiger partial charge in [0.2, 0.25) is 11.8 Å².